The minimum Gasteiger partial charge on any atom is -0.480 e. The lowest BCUT2D eigenvalue weighted by Gasteiger charge is -2.19. The van der Waals surface area contributed by atoms with E-state index in [1.165, 1.54) is 12.1 Å². The molecule has 0 aliphatic rings. The summed E-state index contributed by atoms with van der Waals surface area (Å²) in [5.41, 5.74) is 3.10. The fraction of sp³-hybridized carbons (Fsp3) is 0.318. The number of hydrogen-bond acceptors (Lipinski definition) is 3. The molecule has 0 amide bonds. The Hall–Kier alpha value is -2.67. The highest BCUT2D eigenvalue weighted by molar-refractivity contribution is 7.92. The molecule has 1 heterocycles. The zero-order chi connectivity index (χ0) is 21.6. The van der Waals surface area contributed by atoms with E-state index in [1.807, 2.05) is 6.92 Å². The highest BCUT2D eigenvalue weighted by Gasteiger charge is 2.30. The third-order valence-electron chi connectivity index (χ3n) is 5.13. The normalized spacial score (nSPS) is 12.4. The van der Waals surface area contributed by atoms with Crippen molar-refractivity contribution in [1.82, 2.24) is 4.57 Å². The van der Waals surface area contributed by atoms with Crippen molar-refractivity contribution in [3.63, 3.8) is 0 Å². The van der Waals surface area contributed by atoms with E-state index in [0.29, 0.717) is 17.3 Å². The molecule has 1 aromatic heterocycles. The van der Waals surface area contributed by atoms with Crippen LogP contribution in [0.3, 0.4) is 0 Å². The molecule has 0 saturated carbocycles. The Morgan fingerprint density at radius 1 is 1.10 bits per heavy atom. The van der Waals surface area contributed by atoms with Gasteiger partial charge in [-0.1, -0.05) is 12.1 Å². The molecular formula is C22H24FNO4S. The van der Waals surface area contributed by atoms with Gasteiger partial charge in [0.05, 0.1) is 9.64 Å². The lowest BCUT2D eigenvalue weighted by molar-refractivity contribution is -0.137. The van der Waals surface area contributed by atoms with Gasteiger partial charge in [0.25, 0.3) is 0 Å². The predicted molar refractivity (Wildman–Crippen MR) is 110 cm³/mol. The fourth-order valence-electron chi connectivity index (χ4n) is 3.43. The minimum absolute atomic E-state index is 0.212. The average Bonchev–Trinajstić information content (AvgIpc) is 2.86. The monoisotopic (exact) mass is 417 g/mol. The third kappa shape index (κ3) is 3.92. The molecule has 0 saturated heterocycles. The van der Waals surface area contributed by atoms with Gasteiger partial charge in [0.2, 0.25) is 0 Å². The lowest BCUT2D eigenvalue weighted by atomic mass is 10.0. The molecule has 3 rings (SSSR count). The van der Waals surface area contributed by atoms with Crippen LogP contribution in [-0.4, -0.2) is 28.8 Å². The first-order valence-corrected chi connectivity index (χ1v) is 10.7. The molecule has 0 radical (unpaired) electrons. The van der Waals surface area contributed by atoms with Crippen LogP contribution < -0.4 is 0 Å². The third-order valence-corrected chi connectivity index (χ3v) is 7.64. The van der Waals surface area contributed by atoms with Crippen molar-refractivity contribution in [2.45, 2.75) is 50.3 Å². The van der Waals surface area contributed by atoms with Gasteiger partial charge >= 0.3 is 5.97 Å². The summed E-state index contributed by atoms with van der Waals surface area (Å²) in [5, 5.41) is 9.89. The number of fused-ring (bicyclic) bond motifs is 1. The minimum atomic E-state index is -3.44. The predicted octanol–water partition coefficient (Wildman–Crippen LogP) is 4.34. The number of sulfone groups is 1. The summed E-state index contributed by atoms with van der Waals surface area (Å²) in [7, 11) is -3.44. The van der Waals surface area contributed by atoms with E-state index in [1.54, 1.807) is 55.7 Å². The van der Waals surface area contributed by atoms with Crippen molar-refractivity contribution < 1.29 is 22.7 Å². The van der Waals surface area contributed by atoms with E-state index >= 15 is 0 Å². The van der Waals surface area contributed by atoms with Crippen molar-refractivity contribution in [2.24, 2.45) is 0 Å². The Morgan fingerprint density at radius 3 is 2.28 bits per heavy atom. The van der Waals surface area contributed by atoms with Crippen LogP contribution in [0.4, 0.5) is 4.39 Å². The summed E-state index contributed by atoms with van der Waals surface area (Å²) < 4.78 is 39.8. The van der Waals surface area contributed by atoms with Crippen molar-refractivity contribution in [3.05, 3.63) is 65.1 Å². The average molecular weight is 418 g/mol. The van der Waals surface area contributed by atoms with Crippen LogP contribution in [0.5, 0.6) is 0 Å². The van der Waals surface area contributed by atoms with Gasteiger partial charge in [0, 0.05) is 16.6 Å². The van der Waals surface area contributed by atoms with Crippen molar-refractivity contribution >= 4 is 26.7 Å². The highest BCUT2D eigenvalue weighted by atomic mass is 32.2. The molecule has 0 bridgehead atoms. The molecule has 29 heavy (non-hydrogen) atoms. The number of carboxylic acid groups (broad SMARTS) is 1. The number of rotatable bonds is 5. The van der Waals surface area contributed by atoms with Crippen molar-refractivity contribution in [3.8, 4) is 0 Å². The number of carbonyl (C=O) groups is 1. The SMILES string of the molecule is Cc1c(Cc2ccc(S(=O)(=O)C(C)(C)C)cc2)c2cc(F)ccc2n1CC(=O)O. The zero-order valence-corrected chi connectivity index (χ0v) is 17.7. The van der Waals surface area contributed by atoms with E-state index in [2.05, 4.69) is 0 Å². The molecule has 1 N–H and O–H groups in total. The first-order valence-electron chi connectivity index (χ1n) is 9.24. The smallest absolute Gasteiger partial charge is 0.323 e. The molecule has 0 fully saturated rings. The summed E-state index contributed by atoms with van der Waals surface area (Å²) in [6.07, 6.45) is 0.439. The highest BCUT2D eigenvalue weighted by Crippen LogP contribution is 2.30. The summed E-state index contributed by atoms with van der Waals surface area (Å²) >= 11 is 0. The molecule has 0 aliphatic heterocycles. The van der Waals surface area contributed by atoms with Crippen molar-refractivity contribution in [1.29, 1.82) is 0 Å². The second-order valence-corrected chi connectivity index (χ2v) is 10.8. The number of carboxylic acids is 1. The Morgan fingerprint density at radius 2 is 1.72 bits per heavy atom. The van der Waals surface area contributed by atoms with Crippen LogP contribution >= 0.6 is 0 Å². The summed E-state index contributed by atoms with van der Waals surface area (Å²) in [4.78, 5) is 11.5. The van der Waals surface area contributed by atoms with E-state index in [0.717, 1.165) is 16.8 Å². The van der Waals surface area contributed by atoms with Crippen LogP contribution in [0.25, 0.3) is 10.9 Å². The van der Waals surface area contributed by atoms with Gasteiger partial charge in [-0.15, -0.1) is 0 Å². The molecule has 0 aliphatic carbocycles. The van der Waals surface area contributed by atoms with Crippen LogP contribution in [0.15, 0.2) is 47.4 Å². The number of nitrogens with zero attached hydrogens (tertiary/aromatic N) is 1. The summed E-state index contributed by atoms with van der Waals surface area (Å²) in [6.45, 7) is 6.58. The molecule has 0 atom stereocenters. The maximum Gasteiger partial charge on any atom is 0.323 e. The maximum absolute atomic E-state index is 13.9. The van der Waals surface area contributed by atoms with Gasteiger partial charge < -0.3 is 9.67 Å². The molecule has 0 unspecified atom stereocenters. The Balaban J connectivity index is 2.04. The number of hydrogen-bond donors (Lipinski definition) is 1. The lowest BCUT2D eigenvalue weighted by Crippen LogP contribution is -2.27. The zero-order valence-electron chi connectivity index (χ0n) is 16.9. The number of halogens is 1. The largest absolute Gasteiger partial charge is 0.480 e. The Bertz CT molecular complexity index is 1190. The van der Waals surface area contributed by atoms with Gasteiger partial charge in [-0.3, -0.25) is 4.79 Å². The summed E-state index contributed by atoms with van der Waals surface area (Å²) in [5.74, 6) is -1.37. The summed E-state index contributed by atoms with van der Waals surface area (Å²) in [6, 6.07) is 11.0. The molecular weight excluding hydrogens is 393 g/mol. The van der Waals surface area contributed by atoms with Gasteiger partial charge in [0.1, 0.15) is 12.4 Å². The van der Waals surface area contributed by atoms with Gasteiger partial charge in [-0.2, -0.15) is 0 Å². The van der Waals surface area contributed by atoms with E-state index in [4.69, 9.17) is 0 Å². The fourth-order valence-corrected chi connectivity index (χ4v) is 4.63. The molecule has 5 nitrogen and oxygen atoms in total. The molecule has 3 aromatic rings. The quantitative estimate of drug-likeness (QED) is 0.670. The first kappa shape index (κ1) is 21.0. The Labute approximate surface area is 169 Å². The van der Waals surface area contributed by atoms with Gasteiger partial charge in [-0.05, 0) is 75.6 Å². The van der Waals surface area contributed by atoms with Crippen LogP contribution in [-0.2, 0) is 27.6 Å². The topological polar surface area (TPSA) is 76.4 Å². The second kappa shape index (κ2) is 7.30. The standard InChI is InChI=1S/C22H24FNO4S/c1-14-18(19-12-16(23)7-10-20(19)24(14)13-21(25)26)11-15-5-8-17(9-6-15)29(27,28)22(2,3)4/h5-10,12H,11,13H2,1-4H3,(H,25,26). The number of benzene rings is 2. The molecule has 0 spiro atoms. The Kier molecular flexibility index (Phi) is 5.30. The second-order valence-electron chi connectivity index (χ2n) is 8.14. The molecule has 2 aromatic carbocycles. The number of aliphatic carboxylic acids is 1. The molecule has 154 valence electrons. The van der Waals surface area contributed by atoms with Crippen molar-refractivity contribution in [2.75, 3.05) is 0 Å². The van der Waals surface area contributed by atoms with Crippen LogP contribution in [0.1, 0.15) is 37.6 Å². The molecule has 7 heteroatoms. The van der Waals surface area contributed by atoms with Gasteiger partial charge in [-0.25, -0.2) is 12.8 Å². The van der Waals surface area contributed by atoms with Crippen LogP contribution in [0, 0.1) is 12.7 Å². The van der Waals surface area contributed by atoms with E-state index in [-0.39, 0.29) is 11.4 Å². The first-order chi connectivity index (χ1) is 13.4. The maximum atomic E-state index is 13.9. The number of aromatic nitrogens is 1. The van der Waals surface area contributed by atoms with E-state index in [9.17, 15) is 22.7 Å². The van der Waals surface area contributed by atoms with Crippen LogP contribution in [0.2, 0.25) is 0 Å². The van der Waals surface area contributed by atoms with E-state index < -0.39 is 26.4 Å². The van der Waals surface area contributed by atoms with Gasteiger partial charge in [0.15, 0.2) is 9.84 Å².